The standard InChI is InChI=1S/C12H7NO2S2/c13-6-8-1-3-9(4-2-8)17-10-5-11(12(14)15)16-7-10/h1-5,7H,(H,14,15). The highest BCUT2D eigenvalue weighted by Crippen LogP contribution is 2.31. The number of aromatic carboxylic acids is 1. The fraction of sp³-hybridized carbons (Fsp3) is 0. The van der Waals surface area contributed by atoms with Crippen LogP contribution in [0.2, 0.25) is 0 Å². The predicted molar refractivity (Wildman–Crippen MR) is 66.6 cm³/mol. The average Bonchev–Trinajstić information content (AvgIpc) is 2.79. The summed E-state index contributed by atoms with van der Waals surface area (Å²) in [5, 5.41) is 19.3. The fourth-order valence-corrected chi connectivity index (χ4v) is 2.96. The minimum atomic E-state index is -0.901. The van der Waals surface area contributed by atoms with Crippen molar-refractivity contribution in [2.75, 3.05) is 0 Å². The van der Waals surface area contributed by atoms with Gasteiger partial charge in [-0.3, -0.25) is 0 Å². The second kappa shape index (κ2) is 5.04. The number of nitrogens with zero attached hydrogens (tertiary/aromatic N) is 1. The van der Waals surface area contributed by atoms with E-state index in [1.54, 1.807) is 18.2 Å². The third-order valence-corrected chi connectivity index (χ3v) is 4.05. The Balaban J connectivity index is 2.14. The summed E-state index contributed by atoms with van der Waals surface area (Å²) in [5.74, 6) is -0.901. The Morgan fingerprint density at radius 2 is 2.00 bits per heavy atom. The van der Waals surface area contributed by atoms with Gasteiger partial charge in [-0.1, -0.05) is 11.8 Å². The predicted octanol–water partition coefficient (Wildman–Crippen LogP) is 3.47. The zero-order valence-corrected chi connectivity index (χ0v) is 10.2. The first kappa shape index (κ1) is 11.7. The van der Waals surface area contributed by atoms with Gasteiger partial charge in [0.05, 0.1) is 11.6 Å². The molecule has 2 rings (SSSR count). The molecule has 1 heterocycles. The van der Waals surface area contributed by atoms with Gasteiger partial charge in [-0.05, 0) is 30.3 Å². The maximum Gasteiger partial charge on any atom is 0.345 e. The van der Waals surface area contributed by atoms with E-state index in [1.807, 2.05) is 17.5 Å². The highest BCUT2D eigenvalue weighted by Gasteiger charge is 2.07. The molecule has 17 heavy (non-hydrogen) atoms. The van der Waals surface area contributed by atoms with Crippen LogP contribution in [0.3, 0.4) is 0 Å². The Morgan fingerprint density at radius 1 is 1.29 bits per heavy atom. The van der Waals surface area contributed by atoms with E-state index in [2.05, 4.69) is 6.07 Å². The van der Waals surface area contributed by atoms with Crippen molar-refractivity contribution in [3.8, 4) is 6.07 Å². The van der Waals surface area contributed by atoms with E-state index >= 15 is 0 Å². The summed E-state index contributed by atoms with van der Waals surface area (Å²) in [6.45, 7) is 0. The summed E-state index contributed by atoms with van der Waals surface area (Å²) in [6, 6.07) is 10.9. The van der Waals surface area contributed by atoms with Crippen LogP contribution in [0.1, 0.15) is 15.2 Å². The third-order valence-electron chi connectivity index (χ3n) is 2.01. The lowest BCUT2D eigenvalue weighted by atomic mass is 10.2. The van der Waals surface area contributed by atoms with Gasteiger partial charge in [-0.15, -0.1) is 11.3 Å². The number of carbonyl (C=O) groups is 1. The van der Waals surface area contributed by atoms with Gasteiger partial charge in [0.25, 0.3) is 0 Å². The fourth-order valence-electron chi connectivity index (χ4n) is 1.22. The van der Waals surface area contributed by atoms with Crippen LogP contribution in [-0.2, 0) is 0 Å². The third kappa shape index (κ3) is 2.87. The smallest absolute Gasteiger partial charge is 0.345 e. The molecular formula is C12H7NO2S2. The lowest BCUT2D eigenvalue weighted by Crippen LogP contribution is -1.89. The molecule has 0 spiro atoms. The van der Waals surface area contributed by atoms with Gasteiger partial charge in [-0.2, -0.15) is 5.26 Å². The van der Waals surface area contributed by atoms with Crippen molar-refractivity contribution in [1.29, 1.82) is 5.26 Å². The number of hydrogen-bond acceptors (Lipinski definition) is 4. The van der Waals surface area contributed by atoms with Crippen molar-refractivity contribution in [3.05, 3.63) is 46.2 Å². The molecule has 0 saturated carbocycles. The first-order chi connectivity index (χ1) is 8.19. The summed E-state index contributed by atoms with van der Waals surface area (Å²) in [5.41, 5.74) is 0.617. The number of benzene rings is 1. The first-order valence-electron chi connectivity index (χ1n) is 4.69. The molecule has 0 unspecified atom stereocenters. The van der Waals surface area contributed by atoms with Gasteiger partial charge in [-0.25, -0.2) is 4.79 Å². The molecule has 0 aliphatic rings. The molecule has 1 N–H and O–H groups in total. The molecule has 84 valence electrons. The lowest BCUT2D eigenvalue weighted by Gasteiger charge is -1.97. The van der Waals surface area contributed by atoms with Crippen molar-refractivity contribution in [1.82, 2.24) is 0 Å². The van der Waals surface area contributed by atoms with Crippen LogP contribution in [0.4, 0.5) is 0 Å². The number of carboxylic acids is 1. The second-order valence-electron chi connectivity index (χ2n) is 3.19. The van der Waals surface area contributed by atoms with Crippen molar-refractivity contribution in [2.45, 2.75) is 9.79 Å². The number of carboxylic acid groups (broad SMARTS) is 1. The molecule has 0 aliphatic carbocycles. The maximum absolute atomic E-state index is 10.7. The van der Waals surface area contributed by atoms with E-state index in [1.165, 1.54) is 23.1 Å². The van der Waals surface area contributed by atoms with E-state index in [9.17, 15) is 4.79 Å². The molecule has 0 fully saturated rings. The van der Waals surface area contributed by atoms with Crippen LogP contribution in [0.25, 0.3) is 0 Å². The molecule has 0 amide bonds. The Kier molecular flexibility index (Phi) is 3.47. The molecule has 2 aromatic rings. The molecule has 0 aliphatic heterocycles. The van der Waals surface area contributed by atoms with Crippen LogP contribution < -0.4 is 0 Å². The van der Waals surface area contributed by atoms with Crippen molar-refractivity contribution in [3.63, 3.8) is 0 Å². The van der Waals surface area contributed by atoms with E-state index in [-0.39, 0.29) is 0 Å². The Bertz CT molecular complexity index is 581. The van der Waals surface area contributed by atoms with Crippen LogP contribution in [0, 0.1) is 11.3 Å². The Hall–Kier alpha value is -1.77. The van der Waals surface area contributed by atoms with Gasteiger partial charge >= 0.3 is 5.97 Å². The molecule has 5 heteroatoms. The van der Waals surface area contributed by atoms with Crippen molar-refractivity contribution < 1.29 is 9.90 Å². The van der Waals surface area contributed by atoms with Gasteiger partial charge < -0.3 is 5.11 Å². The molecule has 0 bridgehead atoms. The highest BCUT2D eigenvalue weighted by molar-refractivity contribution is 7.99. The van der Waals surface area contributed by atoms with Gasteiger partial charge in [0.15, 0.2) is 0 Å². The highest BCUT2D eigenvalue weighted by atomic mass is 32.2. The minimum Gasteiger partial charge on any atom is -0.477 e. The van der Waals surface area contributed by atoms with Gasteiger partial charge in [0.1, 0.15) is 4.88 Å². The Labute approximate surface area is 106 Å². The summed E-state index contributed by atoms with van der Waals surface area (Å²) in [6.07, 6.45) is 0. The van der Waals surface area contributed by atoms with Crippen LogP contribution in [0.5, 0.6) is 0 Å². The molecule has 1 aromatic carbocycles. The number of nitriles is 1. The van der Waals surface area contributed by atoms with E-state index in [0.29, 0.717) is 10.4 Å². The largest absolute Gasteiger partial charge is 0.477 e. The monoisotopic (exact) mass is 261 g/mol. The van der Waals surface area contributed by atoms with Crippen molar-refractivity contribution in [2.24, 2.45) is 0 Å². The zero-order chi connectivity index (χ0) is 12.3. The Morgan fingerprint density at radius 3 is 2.53 bits per heavy atom. The van der Waals surface area contributed by atoms with Gasteiger partial charge in [0, 0.05) is 15.2 Å². The maximum atomic E-state index is 10.7. The number of thiophene rings is 1. The molecule has 3 nitrogen and oxygen atoms in total. The normalized spacial score (nSPS) is 9.82. The summed E-state index contributed by atoms with van der Waals surface area (Å²) < 4.78 is 0. The summed E-state index contributed by atoms with van der Waals surface area (Å²) in [7, 11) is 0. The quantitative estimate of drug-likeness (QED) is 0.919. The number of hydrogen-bond donors (Lipinski definition) is 1. The molecular weight excluding hydrogens is 254 g/mol. The van der Waals surface area contributed by atoms with Crippen LogP contribution in [-0.4, -0.2) is 11.1 Å². The SMILES string of the molecule is N#Cc1ccc(Sc2csc(C(=O)O)c2)cc1. The van der Waals surface area contributed by atoms with E-state index in [4.69, 9.17) is 10.4 Å². The van der Waals surface area contributed by atoms with Crippen molar-refractivity contribution >= 4 is 29.1 Å². The zero-order valence-electron chi connectivity index (χ0n) is 8.58. The van der Waals surface area contributed by atoms with E-state index in [0.717, 1.165) is 9.79 Å². The van der Waals surface area contributed by atoms with Crippen LogP contribution >= 0.6 is 23.1 Å². The molecule has 0 saturated heterocycles. The average molecular weight is 261 g/mol. The summed E-state index contributed by atoms with van der Waals surface area (Å²) in [4.78, 5) is 12.9. The topological polar surface area (TPSA) is 61.1 Å². The first-order valence-corrected chi connectivity index (χ1v) is 6.38. The van der Waals surface area contributed by atoms with Gasteiger partial charge in [0.2, 0.25) is 0 Å². The second-order valence-corrected chi connectivity index (χ2v) is 5.25. The lowest BCUT2D eigenvalue weighted by molar-refractivity contribution is 0.0702. The summed E-state index contributed by atoms with van der Waals surface area (Å²) >= 11 is 2.69. The van der Waals surface area contributed by atoms with E-state index < -0.39 is 5.97 Å². The number of rotatable bonds is 3. The molecule has 0 atom stereocenters. The van der Waals surface area contributed by atoms with Crippen LogP contribution in [0.15, 0.2) is 45.5 Å². The minimum absolute atomic E-state index is 0.334. The molecule has 1 aromatic heterocycles. The molecule has 0 radical (unpaired) electrons.